The molecule has 0 aliphatic carbocycles. The number of ether oxygens (including phenoxy) is 2. The number of benzene rings is 2. The zero-order valence-electron chi connectivity index (χ0n) is 16.5. The van der Waals surface area contributed by atoms with Gasteiger partial charge in [0.15, 0.2) is 5.96 Å². The van der Waals surface area contributed by atoms with Gasteiger partial charge in [0.25, 0.3) is 5.91 Å². The fourth-order valence-corrected chi connectivity index (χ4v) is 2.69. The van der Waals surface area contributed by atoms with Gasteiger partial charge in [-0.2, -0.15) is 8.78 Å². The lowest BCUT2D eigenvalue weighted by Gasteiger charge is -2.15. The molecule has 162 valence electrons. The second-order valence-electron chi connectivity index (χ2n) is 5.97. The SMILES string of the molecule is CN=C(NCCNC(=O)c1ccc(OC)cc1)NCc1cc(Cl)ccc1OC(F)F. The molecule has 0 atom stereocenters. The van der Waals surface area contributed by atoms with Gasteiger partial charge >= 0.3 is 6.61 Å². The number of methoxy groups -OCH3 is 1. The summed E-state index contributed by atoms with van der Waals surface area (Å²) in [5.74, 6) is 0.917. The van der Waals surface area contributed by atoms with Gasteiger partial charge in [0, 0.05) is 42.8 Å². The van der Waals surface area contributed by atoms with Crippen LogP contribution < -0.4 is 25.4 Å². The number of hydrogen-bond acceptors (Lipinski definition) is 4. The lowest BCUT2D eigenvalue weighted by Crippen LogP contribution is -2.41. The molecule has 0 aliphatic rings. The van der Waals surface area contributed by atoms with Crippen LogP contribution >= 0.6 is 11.6 Å². The van der Waals surface area contributed by atoms with Crippen molar-refractivity contribution in [2.45, 2.75) is 13.2 Å². The average molecular weight is 441 g/mol. The van der Waals surface area contributed by atoms with Crippen LogP contribution in [0.4, 0.5) is 8.78 Å². The Morgan fingerprint density at radius 2 is 1.80 bits per heavy atom. The van der Waals surface area contributed by atoms with E-state index in [0.29, 0.717) is 40.9 Å². The summed E-state index contributed by atoms with van der Waals surface area (Å²) in [5.41, 5.74) is 0.976. The molecule has 0 spiro atoms. The van der Waals surface area contributed by atoms with Crippen molar-refractivity contribution < 1.29 is 23.0 Å². The fraction of sp³-hybridized carbons (Fsp3) is 0.300. The quantitative estimate of drug-likeness (QED) is 0.317. The molecule has 0 saturated carbocycles. The third kappa shape index (κ3) is 7.40. The minimum Gasteiger partial charge on any atom is -0.497 e. The molecular weight excluding hydrogens is 418 g/mol. The van der Waals surface area contributed by atoms with E-state index in [2.05, 4.69) is 25.7 Å². The van der Waals surface area contributed by atoms with Gasteiger partial charge in [-0.1, -0.05) is 11.6 Å². The van der Waals surface area contributed by atoms with Gasteiger partial charge in [0.05, 0.1) is 7.11 Å². The maximum atomic E-state index is 12.5. The van der Waals surface area contributed by atoms with Gasteiger partial charge in [-0.05, 0) is 42.5 Å². The highest BCUT2D eigenvalue weighted by Gasteiger charge is 2.11. The first kappa shape index (κ1) is 23.2. The highest BCUT2D eigenvalue weighted by Crippen LogP contribution is 2.24. The zero-order valence-corrected chi connectivity index (χ0v) is 17.3. The zero-order chi connectivity index (χ0) is 21.9. The molecule has 0 unspecified atom stereocenters. The summed E-state index contributed by atoms with van der Waals surface area (Å²) >= 11 is 5.94. The number of nitrogens with one attached hydrogen (secondary N) is 3. The predicted octanol–water partition coefficient (Wildman–Crippen LogP) is 3.05. The molecule has 0 aromatic heterocycles. The largest absolute Gasteiger partial charge is 0.497 e. The van der Waals surface area contributed by atoms with Crippen molar-refractivity contribution in [2.24, 2.45) is 4.99 Å². The molecule has 7 nitrogen and oxygen atoms in total. The van der Waals surface area contributed by atoms with Crippen LogP contribution in [0.1, 0.15) is 15.9 Å². The maximum Gasteiger partial charge on any atom is 0.387 e. The maximum absolute atomic E-state index is 12.5. The highest BCUT2D eigenvalue weighted by molar-refractivity contribution is 6.30. The number of amides is 1. The van der Waals surface area contributed by atoms with Gasteiger partial charge in [0.2, 0.25) is 0 Å². The summed E-state index contributed by atoms with van der Waals surface area (Å²) in [6, 6.07) is 11.2. The van der Waals surface area contributed by atoms with E-state index in [0.717, 1.165) is 0 Å². The first-order chi connectivity index (χ1) is 14.4. The second kappa shape index (κ2) is 11.8. The Balaban J connectivity index is 1.80. The third-order valence-corrected chi connectivity index (χ3v) is 4.20. The molecule has 10 heteroatoms. The van der Waals surface area contributed by atoms with Gasteiger partial charge in [-0.25, -0.2) is 0 Å². The van der Waals surface area contributed by atoms with E-state index in [4.69, 9.17) is 16.3 Å². The summed E-state index contributed by atoms with van der Waals surface area (Å²) in [6.45, 7) is -2.02. The monoisotopic (exact) mass is 440 g/mol. The van der Waals surface area contributed by atoms with Crippen LogP contribution in [0.15, 0.2) is 47.5 Å². The average Bonchev–Trinajstić information content (AvgIpc) is 2.74. The fourth-order valence-electron chi connectivity index (χ4n) is 2.50. The Labute approximate surface area is 178 Å². The molecule has 0 aliphatic heterocycles. The van der Waals surface area contributed by atoms with Crippen molar-refractivity contribution >= 4 is 23.5 Å². The predicted molar refractivity (Wildman–Crippen MR) is 112 cm³/mol. The van der Waals surface area contributed by atoms with Crippen molar-refractivity contribution in [2.75, 3.05) is 27.2 Å². The lowest BCUT2D eigenvalue weighted by molar-refractivity contribution is -0.0504. The van der Waals surface area contributed by atoms with Crippen molar-refractivity contribution in [1.29, 1.82) is 0 Å². The first-order valence-electron chi connectivity index (χ1n) is 9.03. The molecular formula is C20H23ClF2N4O3. The number of rotatable bonds is 9. The van der Waals surface area contributed by atoms with Crippen LogP contribution in [-0.4, -0.2) is 45.7 Å². The third-order valence-electron chi connectivity index (χ3n) is 3.96. The highest BCUT2D eigenvalue weighted by atomic mass is 35.5. The lowest BCUT2D eigenvalue weighted by atomic mass is 10.2. The Hall–Kier alpha value is -3.07. The van der Waals surface area contributed by atoms with Crippen LogP contribution in [0.2, 0.25) is 5.02 Å². The van der Waals surface area contributed by atoms with Gasteiger partial charge in [0.1, 0.15) is 11.5 Å². The van der Waals surface area contributed by atoms with E-state index in [1.165, 1.54) is 18.2 Å². The van der Waals surface area contributed by atoms with E-state index >= 15 is 0 Å². The second-order valence-corrected chi connectivity index (χ2v) is 6.40. The Kier molecular flexibility index (Phi) is 9.14. The normalized spacial score (nSPS) is 11.2. The number of nitrogens with zero attached hydrogens (tertiary/aromatic N) is 1. The van der Waals surface area contributed by atoms with Crippen molar-refractivity contribution in [3.63, 3.8) is 0 Å². The van der Waals surface area contributed by atoms with Crippen LogP contribution in [0.5, 0.6) is 11.5 Å². The van der Waals surface area contributed by atoms with E-state index in [1.807, 2.05) is 0 Å². The number of guanidine groups is 1. The molecule has 2 aromatic rings. The Morgan fingerprint density at radius 1 is 1.10 bits per heavy atom. The minimum atomic E-state index is -2.93. The molecule has 0 radical (unpaired) electrons. The number of carbonyl (C=O) groups excluding carboxylic acids is 1. The first-order valence-corrected chi connectivity index (χ1v) is 9.40. The number of carbonyl (C=O) groups is 1. The standard InChI is InChI=1S/C20H23ClF2N4O3/c1-24-20(27-12-14-11-15(21)5-8-17(14)30-19(22)23)26-10-9-25-18(28)13-3-6-16(29-2)7-4-13/h3-8,11,19H,9-10,12H2,1-2H3,(H,25,28)(H2,24,26,27). The number of halogens is 3. The van der Waals surface area contributed by atoms with E-state index in [-0.39, 0.29) is 18.2 Å². The summed E-state index contributed by atoms with van der Waals surface area (Å²) < 4.78 is 34.6. The summed E-state index contributed by atoms with van der Waals surface area (Å²) in [6.07, 6.45) is 0. The van der Waals surface area contributed by atoms with Crippen molar-refractivity contribution in [1.82, 2.24) is 16.0 Å². The van der Waals surface area contributed by atoms with Crippen LogP contribution in [0.3, 0.4) is 0 Å². The van der Waals surface area contributed by atoms with E-state index < -0.39 is 6.61 Å². The smallest absolute Gasteiger partial charge is 0.387 e. The number of hydrogen-bond donors (Lipinski definition) is 3. The molecule has 2 aromatic carbocycles. The summed E-state index contributed by atoms with van der Waals surface area (Å²) in [7, 11) is 3.13. The topological polar surface area (TPSA) is 84.0 Å². The molecule has 0 fully saturated rings. The van der Waals surface area contributed by atoms with Gasteiger partial charge < -0.3 is 25.4 Å². The molecule has 0 heterocycles. The molecule has 30 heavy (non-hydrogen) atoms. The van der Waals surface area contributed by atoms with Gasteiger partial charge in [-0.3, -0.25) is 9.79 Å². The van der Waals surface area contributed by atoms with Crippen molar-refractivity contribution in [3.05, 3.63) is 58.6 Å². The van der Waals surface area contributed by atoms with Crippen LogP contribution in [-0.2, 0) is 6.54 Å². The van der Waals surface area contributed by atoms with E-state index in [9.17, 15) is 13.6 Å². The summed E-state index contributed by atoms with van der Waals surface area (Å²) in [5, 5.41) is 9.19. The molecule has 2 rings (SSSR count). The number of alkyl halides is 2. The molecule has 0 bridgehead atoms. The Bertz CT molecular complexity index is 864. The van der Waals surface area contributed by atoms with E-state index in [1.54, 1.807) is 38.4 Å². The molecule has 3 N–H and O–H groups in total. The molecule has 1 amide bonds. The van der Waals surface area contributed by atoms with Crippen LogP contribution in [0.25, 0.3) is 0 Å². The van der Waals surface area contributed by atoms with Crippen LogP contribution in [0, 0.1) is 0 Å². The Morgan fingerprint density at radius 3 is 2.43 bits per heavy atom. The molecule has 0 saturated heterocycles. The summed E-state index contributed by atoms with van der Waals surface area (Å²) in [4.78, 5) is 16.2. The van der Waals surface area contributed by atoms with Gasteiger partial charge in [-0.15, -0.1) is 0 Å². The van der Waals surface area contributed by atoms with Crippen molar-refractivity contribution in [3.8, 4) is 11.5 Å². The number of aliphatic imine (C=N–C) groups is 1. The minimum absolute atomic E-state index is 0.0316.